The van der Waals surface area contributed by atoms with Gasteiger partial charge in [-0.1, -0.05) is 11.6 Å². The molecule has 2 rings (SSSR count). The quantitative estimate of drug-likeness (QED) is 0.910. The third kappa shape index (κ3) is 3.41. The summed E-state index contributed by atoms with van der Waals surface area (Å²) in [6.45, 7) is 0. The number of benzene rings is 1. The molecule has 0 unspecified atom stereocenters. The summed E-state index contributed by atoms with van der Waals surface area (Å²) in [6, 6.07) is 5.94. The Morgan fingerprint density at radius 2 is 2.14 bits per heavy atom. The van der Waals surface area contributed by atoms with E-state index >= 15 is 0 Å². The van der Waals surface area contributed by atoms with E-state index in [1.807, 2.05) is 0 Å². The number of carbonyl (C=O) groups excluding carboxylic acids is 1. The number of carbonyl (C=O) groups is 1. The average molecular weight is 310 g/mol. The predicted octanol–water partition coefficient (Wildman–Crippen LogP) is 3.18. The first kappa shape index (κ1) is 15.1. The number of nitrogens with one attached hydrogen (secondary N) is 2. The summed E-state index contributed by atoms with van der Waals surface area (Å²) in [4.78, 5) is 16.1. The molecule has 0 aliphatic carbocycles. The third-order valence-electron chi connectivity index (χ3n) is 2.76. The second-order valence-corrected chi connectivity index (χ2v) is 4.51. The number of halogens is 2. The molecule has 2 aromatic rings. The minimum absolute atomic E-state index is 0.0800. The van der Waals surface area contributed by atoms with Gasteiger partial charge in [-0.3, -0.25) is 4.79 Å². The number of hydrogen-bond acceptors (Lipinski definition) is 4. The molecule has 0 aliphatic heterocycles. The first-order chi connectivity index (χ1) is 10.0. The van der Waals surface area contributed by atoms with Gasteiger partial charge in [-0.25, -0.2) is 9.37 Å². The van der Waals surface area contributed by atoms with Crippen molar-refractivity contribution in [2.45, 2.75) is 0 Å². The Labute approximate surface area is 126 Å². The molecule has 2 N–H and O–H groups in total. The number of amides is 1. The van der Waals surface area contributed by atoms with Crippen molar-refractivity contribution in [1.29, 1.82) is 0 Å². The number of aromatic nitrogens is 1. The Balaban J connectivity index is 2.32. The summed E-state index contributed by atoms with van der Waals surface area (Å²) in [5, 5.41) is 5.68. The van der Waals surface area contributed by atoms with Gasteiger partial charge < -0.3 is 15.4 Å². The van der Waals surface area contributed by atoms with Crippen LogP contribution in [0.3, 0.4) is 0 Å². The summed E-state index contributed by atoms with van der Waals surface area (Å²) in [7, 11) is 3.10. The number of methoxy groups -OCH3 is 1. The van der Waals surface area contributed by atoms with Gasteiger partial charge in [0, 0.05) is 13.1 Å². The van der Waals surface area contributed by atoms with Crippen molar-refractivity contribution in [3.8, 4) is 5.75 Å². The molecule has 1 amide bonds. The van der Waals surface area contributed by atoms with Gasteiger partial charge >= 0.3 is 0 Å². The Morgan fingerprint density at radius 1 is 1.38 bits per heavy atom. The largest absolute Gasteiger partial charge is 0.497 e. The number of rotatable bonds is 4. The zero-order chi connectivity index (χ0) is 15.4. The van der Waals surface area contributed by atoms with E-state index in [9.17, 15) is 9.18 Å². The Bertz CT molecular complexity index is 679. The van der Waals surface area contributed by atoms with E-state index in [4.69, 9.17) is 16.3 Å². The van der Waals surface area contributed by atoms with Crippen LogP contribution in [-0.2, 0) is 0 Å². The van der Waals surface area contributed by atoms with Crippen LogP contribution in [0.4, 0.5) is 15.9 Å². The van der Waals surface area contributed by atoms with Gasteiger partial charge in [-0.15, -0.1) is 0 Å². The van der Waals surface area contributed by atoms with Crippen molar-refractivity contribution in [2.24, 2.45) is 0 Å². The topological polar surface area (TPSA) is 63.2 Å². The van der Waals surface area contributed by atoms with E-state index < -0.39 is 11.7 Å². The number of pyridine rings is 1. The fourth-order valence-electron chi connectivity index (χ4n) is 1.73. The maximum absolute atomic E-state index is 13.3. The van der Waals surface area contributed by atoms with Crippen LogP contribution < -0.4 is 15.4 Å². The lowest BCUT2D eigenvalue weighted by molar-refractivity contribution is 0.102. The van der Waals surface area contributed by atoms with Crippen molar-refractivity contribution in [2.75, 3.05) is 24.8 Å². The van der Waals surface area contributed by atoms with E-state index in [-0.39, 0.29) is 11.4 Å². The van der Waals surface area contributed by atoms with Gasteiger partial charge in [0.2, 0.25) is 0 Å². The van der Waals surface area contributed by atoms with Gasteiger partial charge in [0.25, 0.3) is 5.91 Å². The highest BCUT2D eigenvalue weighted by atomic mass is 35.5. The molecule has 0 aliphatic rings. The zero-order valence-corrected chi connectivity index (χ0v) is 12.2. The first-order valence-electron chi connectivity index (χ1n) is 6.03. The molecule has 0 bridgehead atoms. The molecule has 7 heteroatoms. The minimum Gasteiger partial charge on any atom is -0.497 e. The second kappa shape index (κ2) is 6.41. The van der Waals surface area contributed by atoms with E-state index in [1.54, 1.807) is 25.2 Å². The van der Waals surface area contributed by atoms with Gasteiger partial charge in [0.15, 0.2) is 0 Å². The monoisotopic (exact) mass is 309 g/mol. The van der Waals surface area contributed by atoms with Crippen molar-refractivity contribution >= 4 is 29.0 Å². The normalized spacial score (nSPS) is 10.1. The smallest absolute Gasteiger partial charge is 0.259 e. The highest BCUT2D eigenvalue weighted by molar-refractivity contribution is 6.34. The van der Waals surface area contributed by atoms with E-state index in [0.717, 1.165) is 12.3 Å². The number of ether oxygens (including phenoxy) is 1. The molecule has 21 heavy (non-hydrogen) atoms. The van der Waals surface area contributed by atoms with Gasteiger partial charge in [-0.05, 0) is 18.2 Å². The van der Waals surface area contributed by atoms with Gasteiger partial charge in [-0.2, -0.15) is 0 Å². The molecular weight excluding hydrogens is 297 g/mol. The predicted molar refractivity (Wildman–Crippen MR) is 79.7 cm³/mol. The van der Waals surface area contributed by atoms with E-state index in [0.29, 0.717) is 16.5 Å². The lowest BCUT2D eigenvalue weighted by Crippen LogP contribution is -2.15. The molecule has 5 nitrogen and oxygen atoms in total. The summed E-state index contributed by atoms with van der Waals surface area (Å²) in [5.74, 6) is -0.314. The van der Waals surface area contributed by atoms with E-state index in [2.05, 4.69) is 15.6 Å². The van der Waals surface area contributed by atoms with Crippen molar-refractivity contribution in [3.63, 3.8) is 0 Å². The lowest BCUT2D eigenvalue weighted by Gasteiger charge is -2.11. The summed E-state index contributed by atoms with van der Waals surface area (Å²) in [5.41, 5.74) is 0.448. The van der Waals surface area contributed by atoms with Gasteiger partial charge in [0.05, 0.1) is 29.6 Å². The SMILES string of the molecule is CNc1ncc(F)cc1C(=O)Nc1cc(OC)ccc1Cl. The molecule has 1 aromatic carbocycles. The second-order valence-electron chi connectivity index (χ2n) is 4.10. The molecule has 0 fully saturated rings. The fraction of sp³-hybridized carbons (Fsp3) is 0.143. The molecule has 0 atom stereocenters. The highest BCUT2D eigenvalue weighted by Gasteiger charge is 2.15. The molecule has 110 valence electrons. The van der Waals surface area contributed by atoms with Crippen molar-refractivity contribution in [3.05, 3.63) is 46.9 Å². The molecule has 0 saturated carbocycles. The molecule has 0 spiro atoms. The van der Waals surface area contributed by atoms with Crippen LogP contribution in [0, 0.1) is 5.82 Å². The van der Waals surface area contributed by atoms with Crippen LogP contribution in [0.5, 0.6) is 5.75 Å². The van der Waals surface area contributed by atoms with Crippen LogP contribution in [0.25, 0.3) is 0 Å². The van der Waals surface area contributed by atoms with Crippen molar-refractivity contribution in [1.82, 2.24) is 4.98 Å². The number of anilines is 2. The molecule has 1 aromatic heterocycles. The average Bonchev–Trinajstić information content (AvgIpc) is 2.49. The van der Waals surface area contributed by atoms with Gasteiger partial charge in [0.1, 0.15) is 17.4 Å². The highest BCUT2D eigenvalue weighted by Crippen LogP contribution is 2.27. The Morgan fingerprint density at radius 3 is 2.81 bits per heavy atom. The maximum atomic E-state index is 13.3. The number of hydrogen-bond donors (Lipinski definition) is 2. The fourth-order valence-corrected chi connectivity index (χ4v) is 1.89. The summed E-state index contributed by atoms with van der Waals surface area (Å²) in [6.07, 6.45) is 1.03. The summed E-state index contributed by atoms with van der Waals surface area (Å²) < 4.78 is 18.3. The van der Waals surface area contributed by atoms with Crippen LogP contribution in [0.15, 0.2) is 30.5 Å². The lowest BCUT2D eigenvalue weighted by atomic mass is 10.2. The summed E-state index contributed by atoms with van der Waals surface area (Å²) >= 11 is 6.01. The van der Waals surface area contributed by atoms with E-state index in [1.165, 1.54) is 7.11 Å². The standard InChI is InChI=1S/C14H13ClFN3O2/c1-17-13-10(5-8(16)7-18-13)14(20)19-12-6-9(21-2)3-4-11(12)15/h3-7H,1-2H3,(H,17,18)(H,19,20). The van der Waals surface area contributed by atoms with Crippen molar-refractivity contribution < 1.29 is 13.9 Å². The van der Waals surface area contributed by atoms with Crippen LogP contribution in [0.2, 0.25) is 5.02 Å². The zero-order valence-electron chi connectivity index (χ0n) is 11.4. The molecule has 0 radical (unpaired) electrons. The third-order valence-corrected chi connectivity index (χ3v) is 3.09. The Kier molecular flexibility index (Phi) is 4.59. The maximum Gasteiger partial charge on any atom is 0.259 e. The van der Waals surface area contributed by atoms with Crippen LogP contribution in [0.1, 0.15) is 10.4 Å². The Hall–Kier alpha value is -2.34. The van der Waals surface area contributed by atoms with Crippen LogP contribution in [-0.4, -0.2) is 25.0 Å². The first-order valence-corrected chi connectivity index (χ1v) is 6.41. The number of nitrogens with zero attached hydrogens (tertiary/aromatic N) is 1. The minimum atomic E-state index is -0.601. The molecule has 1 heterocycles. The molecular formula is C14H13ClFN3O2. The molecule has 0 saturated heterocycles. The van der Waals surface area contributed by atoms with Crippen LogP contribution >= 0.6 is 11.6 Å².